The van der Waals surface area contributed by atoms with Crippen LogP contribution in [-0.2, 0) is 0 Å². The predicted molar refractivity (Wildman–Crippen MR) is 87.2 cm³/mol. The summed E-state index contributed by atoms with van der Waals surface area (Å²) in [6.07, 6.45) is 5.29. The Labute approximate surface area is 125 Å². The lowest BCUT2D eigenvalue weighted by Crippen LogP contribution is -2.38. The molecule has 1 aliphatic rings. The molecular weight excluding hydrogens is 264 g/mol. The lowest BCUT2D eigenvalue weighted by Gasteiger charge is -2.36. The molecule has 0 bridgehead atoms. The molecule has 0 amide bonds. The van der Waals surface area contributed by atoms with E-state index in [1.165, 1.54) is 35.4 Å². The molecule has 0 spiro atoms. The second-order valence-corrected chi connectivity index (χ2v) is 7.93. The Bertz CT molecular complexity index is 554. The van der Waals surface area contributed by atoms with Crippen LogP contribution in [0.25, 0.3) is 10.2 Å². The van der Waals surface area contributed by atoms with E-state index >= 15 is 0 Å². The van der Waals surface area contributed by atoms with Gasteiger partial charge in [-0.1, -0.05) is 32.4 Å². The van der Waals surface area contributed by atoms with Gasteiger partial charge in [-0.2, -0.15) is 0 Å². The van der Waals surface area contributed by atoms with Crippen molar-refractivity contribution in [2.75, 3.05) is 0 Å². The van der Waals surface area contributed by atoms with E-state index in [9.17, 15) is 0 Å². The minimum Gasteiger partial charge on any atom is -0.305 e. The SMILES string of the molecule is CC(NC1CCCC(C)(C)C1)c1nc2ccccc2s1. The summed E-state index contributed by atoms with van der Waals surface area (Å²) < 4.78 is 1.29. The number of nitrogens with one attached hydrogen (secondary N) is 1. The summed E-state index contributed by atoms with van der Waals surface area (Å²) in [4.78, 5) is 4.77. The number of aromatic nitrogens is 1. The first-order valence-corrected chi connectivity index (χ1v) is 8.47. The third kappa shape index (κ3) is 3.04. The summed E-state index contributed by atoms with van der Waals surface area (Å²) in [7, 11) is 0. The number of hydrogen-bond donors (Lipinski definition) is 1. The molecule has 1 aromatic heterocycles. The number of hydrogen-bond acceptors (Lipinski definition) is 3. The summed E-state index contributed by atoms with van der Waals surface area (Å²) in [5, 5.41) is 5.02. The number of fused-ring (bicyclic) bond motifs is 1. The highest BCUT2D eigenvalue weighted by Gasteiger charge is 2.29. The monoisotopic (exact) mass is 288 g/mol. The van der Waals surface area contributed by atoms with E-state index in [-0.39, 0.29) is 0 Å². The highest BCUT2D eigenvalue weighted by atomic mass is 32.1. The molecule has 1 saturated carbocycles. The summed E-state index contributed by atoms with van der Waals surface area (Å²) in [5.41, 5.74) is 1.62. The van der Waals surface area contributed by atoms with Crippen molar-refractivity contribution in [3.63, 3.8) is 0 Å². The average Bonchev–Trinajstić information content (AvgIpc) is 2.81. The van der Waals surface area contributed by atoms with Crippen LogP contribution in [0.1, 0.15) is 57.5 Å². The summed E-state index contributed by atoms with van der Waals surface area (Å²) in [5.74, 6) is 0. The molecule has 108 valence electrons. The van der Waals surface area contributed by atoms with Crippen molar-refractivity contribution in [1.29, 1.82) is 0 Å². The Kier molecular flexibility index (Phi) is 3.83. The molecule has 2 atom stereocenters. The maximum absolute atomic E-state index is 4.77. The zero-order valence-corrected chi connectivity index (χ0v) is 13.5. The van der Waals surface area contributed by atoms with Crippen LogP contribution in [0.3, 0.4) is 0 Å². The van der Waals surface area contributed by atoms with Gasteiger partial charge in [0.05, 0.1) is 16.3 Å². The molecule has 1 aliphatic carbocycles. The largest absolute Gasteiger partial charge is 0.305 e. The van der Waals surface area contributed by atoms with E-state index < -0.39 is 0 Å². The van der Waals surface area contributed by atoms with Crippen LogP contribution in [0.2, 0.25) is 0 Å². The third-order valence-corrected chi connectivity index (χ3v) is 5.59. The Balaban J connectivity index is 1.71. The quantitative estimate of drug-likeness (QED) is 0.867. The molecule has 2 unspecified atom stereocenters. The second-order valence-electron chi connectivity index (χ2n) is 6.87. The molecule has 1 aromatic carbocycles. The zero-order valence-electron chi connectivity index (χ0n) is 12.6. The van der Waals surface area contributed by atoms with Crippen LogP contribution < -0.4 is 5.32 Å². The van der Waals surface area contributed by atoms with Gasteiger partial charge in [0, 0.05) is 6.04 Å². The van der Waals surface area contributed by atoms with Gasteiger partial charge in [0.15, 0.2) is 0 Å². The first-order valence-electron chi connectivity index (χ1n) is 7.65. The molecule has 3 rings (SSSR count). The summed E-state index contributed by atoms with van der Waals surface area (Å²) >= 11 is 1.82. The number of nitrogens with zero attached hydrogens (tertiary/aromatic N) is 1. The van der Waals surface area contributed by atoms with Crippen LogP contribution in [0.15, 0.2) is 24.3 Å². The van der Waals surface area contributed by atoms with Crippen LogP contribution in [0.4, 0.5) is 0 Å². The van der Waals surface area contributed by atoms with Gasteiger partial charge in [-0.15, -0.1) is 11.3 Å². The molecule has 2 aromatic rings. The number of thiazole rings is 1. The summed E-state index contributed by atoms with van der Waals surface area (Å²) in [6, 6.07) is 9.41. The maximum Gasteiger partial charge on any atom is 0.111 e. The van der Waals surface area contributed by atoms with E-state index in [2.05, 4.69) is 50.4 Å². The van der Waals surface area contributed by atoms with Crippen molar-refractivity contribution in [2.45, 2.75) is 58.5 Å². The van der Waals surface area contributed by atoms with Crippen LogP contribution >= 0.6 is 11.3 Å². The fourth-order valence-corrected chi connectivity index (χ4v) is 4.32. The fraction of sp³-hybridized carbons (Fsp3) is 0.588. The molecule has 0 radical (unpaired) electrons. The van der Waals surface area contributed by atoms with E-state index in [1.807, 2.05) is 11.3 Å². The van der Waals surface area contributed by atoms with Gasteiger partial charge in [-0.3, -0.25) is 0 Å². The first-order chi connectivity index (χ1) is 9.53. The van der Waals surface area contributed by atoms with Crippen molar-refractivity contribution in [3.8, 4) is 0 Å². The number of para-hydroxylation sites is 1. The van der Waals surface area contributed by atoms with Gasteiger partial charge in [0.1, 0.15) is 5.01 Å². The van der Waals surface area contributed by atoms with Crippen molar-refractivity contribution < 1.29 is 0 Å². The van der Waals surface area contributed by atoms with E-state index in [0.29, 0.717) is 17.5 Å². The van der Waals surface area contributed by atoms with Gasteiger partial charge in [0.2, 0.25) is 0 Å². The Hall–Kier alpha value is -0.930. The standard InChI is InChI=1S/C17H24N2S/c1-12(18-13-7-6-10-17(2,3)11-13)16-19-14-8-4-5-9-15(14)20-16/h4-5,8-9,12-13,18H,6-7,10-11H2,1-3H3. The second kappa shape index (κ2) is 5.45. The van der Waals surface area contributed by atoms with Crippen LogP contribution in [0.5, 0.6) is 0 Å². The van der Waals surface area contributed by atoms with Gasteiger partial charge >= 0.3 is 0 Å². The minimum atomic E-state index is 0.353. The molecule has 0 saturated heterocycles. The normalized spacial score (nSPS) is 23.9. The van der Waals surface area contributed by atoms with E-state index in [4.69, 9.17) is 4.98 Å². The molecule has 1 N–H and O–H groups in total. The molecule has 2 nitrogen and oxygen atoms in total. The minimum absolute atomic E-state index is 0.353. The van der Waals surface area contributed by atoms with Crippen molar-refractivity contribution in [1.82, 2.24) is 10.3 Å². The zero-order chi connectivity index (χ0) is 14.2. The Morgan fingerprint density at radius 3 is 2.90 bits per heavy atom. The van der Waals surface area contributed by atoms with E-state index in [0.717, 1.165) is 5.52 Å². The van der Waals surface area contributed by atoms with Crippen molar-refractivity contribution in [3.05, 3.63) is 29.3 Å². The lowest BCUT2D eigenvalue weighted by molar-refractivity contribution is 0.191. The smallest absolute Gasteiger partial charge is 0.111 e. The van der Waals surface area contributed by atoms with Gasteiger partial charge in [-0.05, 0) is 43.7 Å². The Morgan fingerprint density at radius 1 is 1.35 bits per heavy atom. The highest BCUT2D eigenvalue weighted by Crippen LogP contribution is 2.36. The fourth-order valence-electron chi connectivity index (χ4n) is 3.34. The molecule has 1 heterocycles. The summed E-state index contributed by atoms with van der Waals surface area (Å²) in [6.45, 7) is 7.03. The maximum atomic E-state index is 4.77. The average molecular weight is 288 g/mol. The topological polar surface area (TPSA) is 24.9 Å². The number of rotatable bonds is 3. The van der Waals surface area contributed by atoms with Gasteiger partial charge in [0.25, 0.3) is 0 Å². The van der Waals surface area contributed by atoms with Gasteiger partial charge in [-0.25, -0.2) is 4.98 Å². The lowest BCUT2D eigenvalue weighted by atomic mass is 9.75. The predicted octanol–water partition coefficient (Wildman–Crippen LogP) is 4.92. The van der Waals surface area contributed by atoms with Crippen molar-refractivity contribution in [2.24, 2.45) is 5.41 Å². The molecular formula is C17H24N2S. The molecule has 0 aliphatic heterocycles. The van der Waals surface area contributed by atoms with Crippen molar-refractivity contribution >= 4 is 21.6 Å². The van der Waals surface area contributed by atoms with E-state index in [1.54, 1.807) is 0 Å². The highest BCUT2D eigenvalue weighted by molar-refractivity contribution is 7.18. The molecule has 1 fully saturated rings. The molecule has 20 heavy (non-hydrogen) atoms. The first kappa shape index (κ1) is 14.0. The number of benzene rings is 1. The third-order valence-electron chi connectivity index (χ3n) is 4.37. The van der Waals surface area contributed by atoms with Crippen LogP contribution in [-0.4, -0.2) is 11.0 Å². The molecule has 3 heteroatoms. The van der Waals surface area contributed by atoms with Crippen LogP contribution in [0, 0.1) is 5.41 Å². The van der Waals surface area contributed by atoms with Gasteiger partial charge < -0.3 is 5.32 Å². The Morgan fingerprint density at radius 2 is 2.15 bits per heavy atom.